The highest BCUT2D eigenvalue weighted by Crippen LogP contribution is 2.31. The van der Waals surface area contributed by atoms with E-state index < -0.39 is 0 Å². The lowest BCUT2D eigenvalue weighted by Crippen LogP contribution is -2.14. The second kappa shape index (κ2) is 5.28. The minimum absolute atomic E-state index is 0.0151. The Balaban J connectivity index is 1.79. The van der Waals surface area contributed by atoms with Crippen molar-refractivity contribution >= 4 is 17.0 Å². The first-order valence-corrected chi connectivity index (χ1v) is 7.41. The maximum absolute atomic E-state index is 9.23. The predicted molar refractivity (Wildman–Crippen MR) is 82.2 cm³/mol. The molecule has 1 fully saturated rings. The van der Waals surface area contributed by atoms with Crippen molar-refractivity contribution in [3.63, 3.8) is 0 Å². The molecule has 2 atom stereocenters. The van der Waals surface area contributed by atoms with Crippen LogP contribution in [0.2, 0.25) is 0 Å². The van der Waals surface area contributed by atoms with Crippen LogP contribution in [0.1, 0.15) is 19.1 Å². The van der Waals surface area contributed by atoms with Gasteiger partial charge in [0, 0.05) is 13.2 Å². The molecule has 2 unspecified atom stereocenters. The number of rotatable bonds is 3. The number of hydrogen-bond donors (Lipinski definition) is 2. The van der Waals surface area contributed by atoms with Gasteiger partial charge in [-0.05, 0) is 12.8 Å². The Bertz CT molecular complexity index is 856. The SMILES string of the molecule is Cn1cc(-c2nc(N)c3ncn(C4CCC(CO)O4)c3n2)cn1. The molecule has 0 amide bonds. The fourth-order valence-corrected chi connectivity index (χ4v) is 2.84. The maximum Gasteiger partial charge on any atom is 0.168 e. The van der Waals surface area contributed by atoms with E-state index >= 15 is 0 Å². The highest BCUT2D eigenvalue weighted by atomic mass is 16.5. The summed E-state index contributed by atoms with van der Waals surface area (Å²) in [5.41, 5.74) is 7.99. The molecular formula is C14H17N7O2. The van der Waals surface area contributed by atoms with Crippen LogP contribution in [0.5, 0.6) is 0 Å². The Kier molecular flexibility index (Phi) is 3.24. The van der Waals surface area contributed by atoms with Gasteiger partial charge in [-0.1, -0.05) is 0 Å². The van der Waals surface area contributed by atoms with Crippen molar-refractivity contribution in [3.8, 4) is 11.4 Å². The van der Waals surface area contributed by atoms with E-state index in [1.54, 1.807) is 17.2 Å². The Hall–Kier alpha value is -2.52. The lowest BCUT2D eigenvalue weighted by Gasteiger charge is -2.14. The van der Waals surface area contributed by atoms with Crippen LogP contribution in [0.3, 0.4) is 0 Å². The zero-order valence-corrected chi connectivity index (χ0v) is 12.6. The van der Waals surface area contributed by atoms with Gasteiger partial charge in [0.15, 0.2) is 17.3 Å². The van der Waals surface area contributed by atoms with E-state index in [1.165, 1.54) is 0 Å². The third kappa shape index (κ3) is 2.34. The Morgan fingerprint density at radius 2 is 2.26 bits per heavy atom. The van der Waals surface area contributed by atoms with Gasteiger partial charge in [-0.15, -0.1) is 0 Å². The molecule has 0 saturated carbocycles. The van der Waals surface area contributed by atoms with E-state index in [-0.39, 0.29) is 18.9 Å². The molecular weight excluding hydrogens is 298 g/mol. The van der Waals surface area contributed by atoms with Gasteiger partial charge in [0.05, 0.1) is 30.8 Å². The molecule has 4 rings (SSSR count). The van der Waals surface area contributed by atoms with E-state index in [0.717, 1.165) is 18.4 Å². The monoisotopic (exact) mass is 315 g/mol. The summed E-state index contributed by atoms with van der Waals surface area (Å²) in [6, 6.07) is 0. The fourth-order valence-electron chi connectivity index (χ4n) is 2.84. The van der Waals surface area contributed by atoms with Crippen molar-refractivity contribution in [1.82, 2.24) is 29.3 Å². The van der Waals surface area contributed by atoms with Crippen LogP contribution in [0.15, 0.2) is 18.7 Å². The average Bonchev–Trinajstić information content (AvgIpc) is 3.24. The standard InChI is InChI=1S/C14H17N7O2/c1-20-5-8(4-17-20)13-18-12(15)11-14(19-13)21(7-16-11)10-3-2-9(6-22)23-10/h4-5,7,9-10,22H,2-3,6H2,1H3,(H2,15,18,19). The second-order valence-electron chi connectivity index (χ2n) is 5.63. The zero-order chi connectivity index (χ0) is 16.0. The lowest BCUT2D eigenvalue weighted by molar-refractivity contribution is -0.0207. The summed E-state index contributed by atoms with van der Waals surface area (Å²) in [4.78, 5) is 13.2. The molecule has 0 aliphatic carbocycles. The van der Waals surface area contributed by atoms with E-state index in [2.05, 4.69) is 20.1 Å². The van der Waals surface area contributed by atoms with Crippen LogP contribution in [-0.4, -0.2) is 47.1 Å². The van der Waals surface area contributed by atoms with Crippen molar-refractivity contribution in [2.24, 2.45) is 7.05 Å². The van der Waals surface area contributed by atoms with Gasteiger partial charge in [0.1, 0.15) is 11.7 Å². The molecule has 3 aromatic rings. The maximum atomic E-state index is 9.23. The number of aliphatic hydroxyl groups excluding tert-OH is 1. The first-order valence-electron chi connectivity index (χ1n) is 7.41. The molecule has 1 saturated heterocycles. The number of nitrogens with two attached hydrogens (primary N) is 1. The summed E-state index contributed by atoms with van der Waals surface area (Å²) in [7, 11) is 1.83. The fraction of sp³-hybridized carbons (Fsp3) is 0.429. The molecule has 0 radical (unpaired) electrons. The van der Waals surface area contributed by atoms with Crippen LogP contribution < -0.4 is 5.73 Å². The predicted octanol–water partition coefficient (Wildman–Crippen LogP) is 0.479. The first-order chi connectivity index (χ1) is 11.2. The lowest BCUT2D eigenvalue weighted by atomic mass is 10.2. The molecule has 120 valence electrons. The Labute approximate surface area is 131 Å². The molecule has 9 heteroatoms. The van der Waals surface area contributed by atoms with Gasteiger partial charge >= 0.3 is 0 Å². The number of hydrogen-bond acceptors (Lipinski definition) is 7. The highest BCUT2D eigenvalue weighted by Gasteiger charge is 2.28. The summed E-state index contributed by atoms with van der Waals surface area (Å²) < 4.78 is 9.34. The first kappa shape index (κ1) is 14.1. The summed E-state index contributed by atoms with van der Waals surface area (Å²) in [6.07, 6.45) is 6.43. The van der Waals surface area contributed by atoms with Crippen molar-refractivity contribution in [2.75, 3.05) is 12.3 Å². The number of fused-ring (bicyclic) bond motifs is 1. The van der Waals surface area contributed by atoms with Crippen molar-refractivity contribution < 1.29 is 9.84 Å². The van der Waals surface area contributed by atoms with E-state index in [9.17, 15) is 5.11 Å². The van der Waals surface area contributed by atoms with Crippen LogP contribution in [0.4, 0.5) is 5.82 Å². The zero-order valence-electron chi connectivity index (χ0n) is 12.6. The van der Waals surface area contributed by atoms with Crippen LogP contribution in [-0.2, 0) is 11.8 Å². The van der Waals surface area contributed by atoms with Crippen molar-refractivity contribution in [1.29, 1.82) is 0 Å². The molecule has 0 bridgehead atoms. The van der Waals surface area contributed by atoms with Crippen molar-refractivity contribution in [2.45, 2.75) is 25.2 Å². The van der Waals surface area contributed by atoms with Crippen molar-refractivity contribution in [3.05, 3.63) is 18.7 Å². The molecule has 23 heavy (non-hydrogen) atoms. The van der Waals surface area contributed by atoms with Gasteiger partial charge in [0.25, 0.3) is 0 Å². The van der Waals surface area contributed by atoms with Gasteiger partial charge < -0.3 is 15.6 Å². The van der Waals surface area contributed by atoms with Crippen LogP contribution >= 0.6 is 0 Å². The van der Waals surface area contributed by atoms with Gasteiger partial charge in [-0.25, -0.2) is 15.0 Å². The normalized spacial score (nSPS) is 21.3. The summed E-state index contributed by atoms with van der Waals surface area (Å²) >= 11 is 0. The smallest absolute Gasteiger partial charge is 0.168 e. The molecule has 1 aliphatic rings. The number of aromatic nitrogens is 6. The summed E-state index contributed by atoms with van der Waals surface area (Å²) in [5, 5.41) is 13.4. The third-order valence-corrected chi connectivity index (χ3v) is 4.01. The van der Waals surface area contributed by atoms with Gasteiger partial charge in [-0.3, -0.25) is 9.25 Å². The molecule has 9 nitrogen and oxygen atoms in total. The topological polar surface area (TPSA) is 117 Å². The number of aryl methyl sites for hydroxylation is 1. The number of imidazole rings is 1. The summed E-state index contributed by atoms with van der Waals surface area (Å²) in [6.45, 7) is 0.0151. The number of ether oxygens (including phenoxy) is 1. The third-order valence-electron chi connectivity index (χ3n) is 4.01. The number of aliphatic hydroxyl groups is 1. The van der Waals surface area contributed by atoms with E-state index in [0.29, 0.717) is 22.8 Å². The number of anilines is 1. The second-order valence-corrected chi connectivity index (χ2v) is 5.63. The van der Waals surface area contributed by atoms with Gasteiger partial charge in [0.2, 0.25) is 0 Å². The molecule has 1 aliphatic heterocycles. The molecule has 0 aromatic carbocycles. The molecule has 4 heterocycles. The number of nitrogen functional groups attached to an aromatic ring is 1. The molecule has 3 N–H and O–H groups in total. The van der Waals surface area contributed by atoms with Crippen LogP contribution in [0.25, 0.3) is 22.6 Å². The number of nitrogens with zero attached hydrogens (tertiary/aromatic N) is 6. The van der Waals surface area contributed by atoms with Gasteiger partial charge in [-0.2, -0.15) is 5.10 Å². The average molecular weight is 315 g/mol. The highest BCUT2D eigenvalue weighted by molar-refractivity contribution is 5.83. The minimum Gasteiger partial charge on any atom is -0.394 e. The summed E-state index contributed by atoms with van der Waals surface area (Å²) in [5.74, 6) is 0.825. The quantitative estimate of drug-likeness (QED) is 0.722. The minimum atomic E-state index is -0.201. The molecule has 3 aromatic heterocycles. The Morgan fingerprint density at radius 1 is 1.39 bits per heavy atom. The van der Waals surface area contributed by atoms with Crippen LogP contribution in [0, 0.1) is 0 Å². The largest absolute Gasteiger partial charge is 0.394 e. The van der Waals surface area contributed by atoms with E-state index in [1.807, 2.05) is 17.8 Å². The van der Waals surface area contributed by atoms with E-state index in [4.69, 9.17) is 10.5 Å². The molecule has 0 spiro atoms. The Morgan fingerprint density at radius 3 is 2.96 bits per heavy atom.